The van der Waals surface area contributed by atoms with Gasteiger partial charge in [0.15, 0.2) is 11.4 Å². The molecular weight excluding hydrogens is 252 g/mol. The maximum Gasteiger partial charge on any atom is 0.248 e. The van der Waals surface area contributed by atoms with Gasteiger partial charge in [-0.15, -0.1) is 0 Å². The zero-order valence-electron chi connectivity index (χ0n) is 8.17. The molecule has 0 atom stereocenters. The molecule has 2 heterocycles. The zero-order chi connectivity index (χ0) is 12.0. The molecule has 4 nitrogen and oxygen atoms in total. The Kier molecular flexibility index (Phi) is 2.12. The molecule has 1 N–H and O–H groups in total. The van der Waals surface area contributed by atoms with Crippen molar-refractivity contribution in [2.24, 2.45) is 0 Å². The van der Waals surface area contributed by atoms with E-state index in [1.807, 2.05) is 0 Å². The Morgan fingerprint density at radius 3 is 2.76 bits per heavy atom. The van der Waals surface area contributed by atoms with Crippen molar-refractivity contribution in [3.05, 3.63) is 35.0 Å². The molecule has 0 aliphatic rings. The summed E-state index contributed by atoms with van der Waals surface area (Å²) < 4.78 is 31.5. The summed E-state index contributed by atoms with van der Waals surface area (Å²) in [5.74, 6) is -1.43. The molecular formula is C10H4ClF2N3O. The summed E-state index contributed by atoms with van der Waals surface area (Å²) in [6.07, 6.45) is 0. The van der Waals surface area contributed by atoms with Crippen molar-refractivity contribution in [2.45, 2.75) is 0 Å². The van der Waals surface area contributed by atoms with Crippen LogP contribution in [-0.4, -0.2) is 15.2 Å². The summed E-state index contributed by atoms with van der Waals surface area (Å²) in [5.41, 5.74) is 0.308. The van der Waals surface area contributed by atoms with Gasteiger partial charge < -0.3 is 4.42 Å². The van der Waals surface area contributed by atoms with E-state index in [4.69, 9.17) is 16.0 Å². The van der Waals surface area contributed by atoms with Crippen LogP contribution >= 0.6 is 11.6 Å². The lowest BCUT2D eigenvalue weighted by Gasteiger charge is -1.88. The number of hydrogen-bond acceptors (Lipinski definition) is 3. The third kappa shape index (κ3) is 1.66. The van der Waals surface area contributed by atoms with Gasteiger partial charge >= 0.3 is 0 Å². The van der Waals surface area contributed by atoms with E-state index in [1.165, 1.54) is 6.07 Å². The first-order valence-corrected chi connectivity index (χ1v) is 4.98. The van der Waals surface area contributed by atoms with Crippen molar-refractivity contribution in [2.75, 3.05) is 0 Å². The van der Waals surface area contributed by atoms with E-state index in [2.05, 4.69) is 15.2 Å². The lowest BCUT2D eigenvalue weighted by Crippen LogP contribution is -1.81. The normalized spacial score (nSPS) is 11.2. The van der Waals surface area contributed by atoms with Crippen molar-refractivity contribution in [3.63, 3.8) is 0 Å². The SMILES string of the molecule is Fc1cc(F)c2nc(-c3cc(Cl)[nH]n3)oc2c1. The van der Waals surface area contributed by atoms with Gasteiger partial charge in [0.2, 0.25) is 5.89 Å². The van der Waals surface area contributed by atoms with Crippen molar-refractivity contribution in [1.29, 1.82) is 0 Å². The summed E-state index contributed by atoms with van der Waals surface area (Å²) in [6, 6.07) is 3.27. The number of H-pyrrole nitrogens is 1. The number of halogens is 3. The Balaban J connectivity index is 2.23. The van der Waals surface area contributed by atoms with Crippen LogP contribution in [0.3, 0.4) is 0 Å². The Morgan fingerprint density at radius 2 is 2.06 bits per heavy atom. The highest BCUT2D eigenvalue weighted by molar-refractivity contribution is 6.29. The molecule has 0 aliphatic carbocycles. The molecule has 0 spiro atoms. The highest BCUT2D eigenvalue weighted by Gasteiger charge is 2.15. The summed E-state index contributed by atoms with van der Waals surface area (Å²) in [6.45, 7) is 0. The minimum Gasteiger partial charge on any atom is -0.434 e. The van der Waals surface area contributed by atoms with E-state index in [0.29, 0.717) is 10.8 Å². The van der Waals surface area contributed by atoms with Crippen molar-refractivity contribution in [1.82, 2.24) is 15.2 Å². The third-order valence-corrected chi connectivity index (χ3v) is 2.37. The van der Waals surface area contributed by atoms with E-state index >= 15 is 0 Å². The quantitative estimate of drug-likeness (QED) is 0.727. The average Bonchev–Trinajstić information content (AvgIpc) is 2.83. The van der Waals surface area contributed by atoms with Crippen LogP contribution in [0.4, 0.5) is 8.78 Å². The molecule has 86 valence electrons. The molecule has 0 aliphatic heterocycles. The zero-order valence-corrected chi connectivity index (χ0v) is 8.92. The number of nitrogens with one attached hydrogen (secondary N) is 1. The monoisotopic (exact) mass is 255 g/mol. The Hall–Kier alpha value is -1.95. The molecule has 0 radical (unpaired) electrons. The lowest BCUT2D eigenvalue weighted by molar-refractivity contribution is 0.580. The highest BCUT2D eigenvalue weighted by atomic mass is 35.5. The van der Waals surface area contributed by atoms with E-state index < -0.39 is 11.6 Å². The molecule has 7 heteroatoms. The first kappa shape index (κ1) is 10.2. The molecule has 2 aromatic heterocycles. The van der Waals surface area contributed by atoms with Crippen LogP contribution in [0.1, 0.15) is 0 Å². The standard InChI is InChI=1S/C10H4ClF2N3O/c11-8-3-6(15-16-8)10-14-9-5(13)1-4(12)2-7(9)17-10/h1-3H,(H,15,16). The summed E-state index contributed by atoms with van der Waals surface area (Å²) in [5, 5.41) is 6.59. The second-order valence-corrected chi connectivity index (χ2v) is 3.76. The van der Waals surface area contributed by atoms with Crippen molar-refractivity contribution >= 4 is 22.7 Å². The second-order valence-electron chi connectivity index (χ2n) is 3.35. The molecule has 0 amide bonds. The van der Waals surface area contributed by atoms with E-state index in [1.54, 1.807) is 0 Å². The highest BCUT2D eigenvalue weighted by Crippen LogP contribution is 2.26. The molecule has 1 aromatic carbocycles. The Morgan fingerprint density at radius 1 is 1.24 bits per heavy atom. The minimum atomic E-state index is -0.781. The van der Waals surface area contributed by atoms with E-state index in [0.717, 1.165) is 12.1 Å². The van der Waals surface area contributed by atoms with Gasteiger partial charge in [0, 0.05) is 18.2 Å². The summed E-state index contributed by atoms with van der Waals surface area (Å²) in [7, 11) is 0. The van der Waals surface area contributed by atoms with Gasteiger partial charge in [0.25, 0.3) is 0 Å². The number of fused-ring (bicyclic) bond motifs is 1. The van der Waals surface area contributed by atoms with Crippen LogP contribution < -0.4 is 0 Å². The molecule has 0 fully saturated rings. The van der Waals surface area contributed by atoms with Gasteiger partial charge in [0.05, 0.1) is 0 Å². The van der Waals surface area contributed by atoms with Crippen LogP contribution in [0.25, 0.3) is 22.7 Å². The van der Waals surface area contributed by atoms with Gasteiger partial charge in [-0.2, -0.15) is 5.10 Å². The van der Waals surface area contributed by atoms with Crippen LogP contribution in [0, 0.1) is 11.6 Å². The molecule has 17 heavy (non-hydrogen) atoms. The molecule has 0 bridgehead atoms. The van der Waals surface area contributed by atoms with Gasteiger partial charge in [-0.1, -0.05) is 11.6 Å². The molecule has 3 aromatic rings. The number of nitrogens with zero attached hydrogens (tertiary/aromatic N) is 2. The smallest absolute Gasteiger partial charge is 0.248 e. The number of aromatic amines is 1. The number of aromatic nitrogens is 3. The fourth-order valence-electron chi connectivity index (χ4n) is 1.47. The predicted octanol–water partition coefficient (Wildman–Crippen LogP) is 3.15. The van der Waals surface area contributed by atoms with Crippen molar-refractivity contribution in [3.8, 4) is 11.6 Å². The van der Waals surface area contributed by atoms with E-state index in [-0.39, 0.29) is 17.0 Å². The third-order valence-electron chi connectivity index (χ3n) is 2.18. The Bertz CT molecular complexity index is 707. The second kappa shape index (κ2) is 3.53. The van der Waals surface area contributed by atoms with Crippen LogP contribution in [0.5, 0.6) is 0 Å². The molecule has 0 saturated carbocycles. The first-order valence-electron chi connectivity index (χ1n) is 4.60. The fraction of sp³-hybridized carbons (Fsp3) is 0. The molecule has 0 unspecified atom stereocenters. The lowest BCUT2D eigenvalue weighted by atomic mass is 10.3. The summed E-state index contributed by atoms with van der Waals surface area (Å²) in [4.78, 5) is 3.89. The molecule has 0 saturated heterocycles. The van der Waals surface area contributed by atoms with E-state index in [9.17, 15) is 8.78 Å². The molecule has 3 rings (SSSR count). The van der Waals surface area contributed by atoms with Crippen LogP contribution in [0.15, 0.2) is 22.6 Å². The fourth-order valence-corrected chi connectivity index (χ4v) is 1.62. The first-order chi connectivity index (χ1) is 8.13. The summed E-state index contributed by atoms with van der Waals surface area (Å²) >= 11 is 5.64. The Labute approximate surface area is 98.2 Å². The van der Waals surface area contributed by atoms with Gasteiger partial charge in [-0.3, -0.25) is 5.10 Å². The van der Waals surface area contributed by atoms with Crippen LogP contribution in [-0.2, 0) is 0 Å². The number of hydrogen-bond donors (Lipinski definition) is 1. The maximum atomic E-state index is 13.4. The largest absolute Gasteiger partial charge is 0.434 e. The van der Waals surface area contributed by atoms with Crippen molar-refractivity contribution < 1.29 is 13.2 Å². The van der Waals surface area contributed by atoms with Gasteiger partial charge in [0.1, 0.15) is 22.2 Å². The minimum absolute atomic E-state index is 0.0247. The van der Waals surface area contributed by atoms with Crippen LogP contribution in [0.2, 0.25) is 5.15 Å². The number of rotatable bonds is 1. The number of oxazole rings is 1. The average molecular weight is 256 g/mol. The van der Waals surface area contributed by atoms with Gasteiger partial charge in [-0.25, -0.2) is 13.8 Å². The predicted molar refractivity (Wildman–Crippen MR) is 56.5 cm³/mol. The topological polar surface area (TPSA) is 54.7 Å². The number of benzene rings is 1. The van der Waals surface area contributed by atoms with Gasteiger partial charge in [-0.05, 0) is 0 Å². The maximum absolute atomic E-state index is 13.4.